The molecule has 5 nitrogen and oxygen atoms in total. The van der Waals surface area contributed by atoms with E-state index in [1.54, 1.807) is 6.92 Å². The van der Waals surface area contributed by atoms with Gasteiger partial charge < -0.3 is 24.8 Å². The molecule has 1 heterocycles. The Balaban J connectivity index is 2.38. The second-order valence-corrected chi connectivity index (χ2v) is 8.99. The van der Waals surface area contributed by atoms with Gasteiger partial charge in [0.25, 0.3) is 0 Å². The fourth-order valence-electron chi connectivity index (χ4n) is 4.12. The molecule has 0 aromatic heterocycles. The Bertz CT molecular complexity index is 362. The first-order valence-electron chi connectivity index (χ1n) is 12.3. The smallest absolute Gasteiger partial charge is 0.186 e. The molecule has 0 radical (unpaired) electrons. The zero-order valence-electron chi connectivity index (χ0n) is 19.2. The van der Waals surface area contributed by atoms with E-state index in [9.17, 15) is 15.3 Å². The van der Waals surface area contributed by atoms with Gasteiger partial charge in [-0.1, -0.05) is 90.9 Å². The average molecular weight is 417 g/mol. The Morgan fingerprint density at radius 1 is 0.690 bits per heavy atom. The molecule has 29 heavy (non-hydrogen) atoms. The van der Waals surface area contributed by atoms with Crippen molar-refractivity contribution in [3.63, 3.8) is 0 Å². The second-order valence-electron chi connectivity index (χ2n) is 8.99. The molecule has 0 aromatic rings. The number of aliphatic hydroxyl groups excluding tert-OH is 3. The third-order valence-corrected chi connectivity index (χ3v) is 6.24. The minimum Gasteiger partial charge on any atom is -0.388 e. The summed E-state index contributed by atoms with van der Waals surface area (Å²) in [6.07, 6.45) is 12.9. The molecule has 0 aromatic carbocycles. The van der Waals surface area contributed by atoms with Crippen LogP contribution in [0, 0.1) is 5.92 Å². The average Bonchev–Trinajstić information content (AvgIpc) is 2.72. The van der Waals surface area contributed by atoms with Crippen LogP contribution in [0.4, 0.5) is 0 Å². The van der Waals surface area contributed by atoms with E-state index in [0.717, 1.165) is 12.8 Å². The van der Waals surface area contributed by atoms with E-state index in [1.165, 1.54) is 77.0 Å². The Kier molecular flexibility index (Phi) is 15.3. The maximum Gasteiger partial charge on any atom is 0.186 e. The van der Waals surface area contributed by atoms with Crippen LogP contribution in [0.5, 0.6) is 0 Å². The first kappa shape index (κ1) is 26.8. The van der Waals surface area contributed by atoms with E-state index >= 15 is 0 Å². The number of aliphatic hydroxyl groups is 3. The fraction of sp³-hybridized carbons (Fsp3) is 1.00. The topological polar surface area (TPSA) is 79.2 Å². The zero-order valence-corrected chi connectivity index (χ0v) is 19.2. The molecule has 1 rings (SSSR count). The summed E-state index contributed by atoms with van der Waals surface area (Å²) >= 11 is 0. The normalized spacial score (nSPS) is 27.6. The Labute approximate surface area is 179 Å². The summed E-state index contributed by atoms with van der Waals surface area (Å²) in [5.74, 6) is 0.461. The van der Waals surface area contributed by atoms with Crippen LogP contribution in [-0.2, 0) is 9.47 Å². The predicted octanol–water partition coefficient (Wildman–Crippen LogP) is 4.95. The summed E-state index contributed by atoms with van der Waals surface area (Å²) in [5, 5.41) is 30.0. The molecule has 0 aliphatic carbocycles. The minimum atomic E-state index is -1.22. The molecule has 1 saturated heterocycles. The maximum atomic E-state index is 10.2. The SMILES string of the molecule is CCCCCCCCC(CCCCCCCC)CO[C@H]1O[C@H](C)[C@@H](O)[C@H](O)[C@@H]1O. The molecule has 3 N–H and O–H groups in total. The van der Waals surface area contributed by atoms with Crippen molar-refractivity contribution in [3.05, 3.63) is 0 Å². The monoisotopic (exact) mass is 416 g/mol. The van der Waals surface area contributed by atoms with Crippen molar-refractivity contribution in [1.82, 2.24) is 0 Å². The van der Waals surface area contributed by atoms with Crippen LogP contribution >= 0.6 is 0 Å². The highest BCUT2D eigenvalue weighted by atomic mass is 16.7. The molecule has 0 unspecified atom stereocenters. The second kappa shape index (κ2) is 16.5. The van der Waals surface area contributed by atoms with Gasteiger partial charge in [0.2, 0.25) is 0 Å². The lowest BCUT2D eigenvalue weighted by molar-refractivity contribution is -0.295. The van der Waals surface area contributed by atoms with E-state index in [1.807, 2.05) is 0 Å². The van der Waals surface area contributed by atoms with Gasteiger partial charge in [-0.3, -0.25) is 0 Å². The van der Waals surface area contributed by atoms with Gasteiger partial charge in [0.05, 0.1) is 12.7 Å². The van der Waals surface area contributed by atoms with Gasteiger partial charge in [-0.15, -0.1) is 0 Å². The Morgan fingerprint density at radius 3 is 1.69 bits per heavy atom. The molecule has 5 atom stereocenters. The van der Waals surface area contributed by atoms with E-state index in [2.05, 4.69) is 13.8 Å². The highest BCUT2D eigenvalue weighted by molar-refractivity contribution is 4.87. The van der Waals surface area contributed by atoms with Crippen molar-refractivity contribution in [2.75, 3.05) is 6.61 Å². The minimum absolute atomic E-state index is 0.461. The summed E-state index contributed by atoms with van der Waals surface area (Å²) in [6, 6.07) is 0. The highest BCUT2D eigenvalue weighted by Crippen LogP contribution is 2.25. The van der Waals surface area contributed by atoms with Crippen LogP contribution in [0.3, 0.4) is 0 Å². The molecule has 0 saturated carbocycles. The first-order valence-corrected chi connectivity index (χ1v) is 12.3. The number of unbranched alkanes of at least 4 members (excludes halogenated alkanes) is 10. The molecule has 0 bridgehead atoms. The van der Waals surface area contributed by atoms with E-state index in [4.69, 9.17) is 9.47 Å². The van der Waals surface area contributed by atoms with E-state index in [0.29, 0.717) is 12.5 Å². The fourth-order valence-corrected chi connectivity index (χ4v) is 4.12. The molecular formula is C24H48O5. The lowest BCUT2D eigenvalue weighted by Crippen LogP contribution is -2.57. The lowest BCUT2D eigenvalue weighted by atomic mass is 9.94. The van der Waals surface area contributed by atoms with E-state index < -0.39 is 30.7 Å². The number of hydrogen-bond donors (Lipinski definition) is 3. The quantitative estimate of drug-likeness (QED) is 0.292. The molecule has 1 aliphatic heterocycles. The maximum absolute atomic E-state index is 10.2. The van der Waals surface area contributed by atoms with Crippen molar-refractivity contribution in [1.29, 1.82) is 0 Å². The Morgan fingerprint density at radius 2 is 1.17 bits per heavy atom. The third kappa shape index (κ3) is 11.1. The van der Waals surface area contributed by atoms with Crippen molar-refractivity contribution in [2.45, 2.75) is 141 Å². The van der Waals surface area contributed by atoms with Crippen LogP contribution in [0.15, 0.2) is 0 Å². The van der Waals surface area contributed by atoms with Gasteiger partial charge in [0.1, 0.15) is 18.3 Å². The highest BCUT2D eigenvalue weighted by Gasteiger charge is 2.42. The zero-order chi connectivity index (χ0) is 21.5. The third-order valence-electron chi connectivity index (χ3n) is 6.24. The van der Waals surface area contributed by atoms with Crippen LogP contribution in [0.2, 0.25) is 0 Å². The van der Waals surface area contributed by atoms with Gasteiger partial charge in [0.15, 0.2) is 6.29 Å². The predicted molar refractivity (Wildman–Crippen MR) is 118 cm³/mol. The van der Waals surface area contributed by atoms with Crippen LogP contribution in [-0.4, -0.2) is 52.6 Å². The molecule has 174 valence electrons. The summed E-state index contributed by atoms with van der Waals surface area (Å²) in [7, 11) is 0. The van der Waals surface area contributed by atoms with Crippen molar-refractivity contribution >= 4 is 0 Å². The van der Waals surface area contributed by atoms with Crippen molar-refractivity contribution < 1.29 is 24.8 Å². The molecule has 5 heteroatoms. The molecule has 0 amide bonds. The van der Waals surface area contributed by atoms with Crippen LogP contribution < -0.4 is 0 Å². The molecule has 0 spiro atoms. The van der Waals surface area contributed by atoms with Crippen molar-refractivity contribution in [3.8, 4) is 0 Å². The summed E-state index contributed by atoms with van der Waals surface area (Å²) in [6.45, 7) is 6.72. The van der Waals surface area contributed by atoms with Gasteiger partial charge in [-0.2, -0.15) is 0 Å². The van der Waals surface area contributed by atoms with Crippen LogP contribution in [0.1, 0.15) is 111 Å². The Hall–Kier alpha value is -0.200. The van der Waals surface area contributed by atoms with Gasteiger partial charge in [-0.25, -0.2) is 0 Å². The van der Waals surface area contributed by atoms with E-state index in [-0.39, 0.29) is 0 Å². The van der Waals surface area contributed by atoms with Gasteiger partial charge in [0, 0.05) is 0 Å². The number of rotatable bonds is 17. The van der Waals surface area contributed by atoms with Gasteiger partial charge >= 0.3 is 0 Å². The summed E-state index contributed by atoms with van der Waals surface area (Å²) < 4.78 is 11.5. The molecular weight excluding hydrogens is 368 g/mol. The molecule has 1 aliphatic rings. The summed E-state index contributed by atoms with van der Waals surface area (Å²) in [5.41, 5.74) is 0. The largest absolute Gasteiger partial charge is 0.388 e. The number of ether oxygens (including phenoxy) is 2. The standard InChI is InChI=1S/C24H48O5/c1-4-6-8-10-12-14-16-20(17-15-13-11-9-7-5-2)18-28-24-23(27)22(26)21(25)19(3)29-24/h19-27H,4-18H2,1-3H3/t19-,21-,22+,23+,24+/m1/s1. The van der Waals surface area contributed by atoms with Crippen LogP contribution in [0.25, 0.3) is 0 Å². The lowest BCUT2D eigenvalue weighted by Gasteiger charge is -2.39. The van der Waals surface area contributed by atoms with Crippen molar-refractivity contribution in [2.24, 2.45) is 5.92 Å². The van der Waals surface area contributed by atoms with Gasteiger partial charge in [-0.05, 0) is 25.7 Å². The first-order chi connectivity index (χ1) is 14.0. The number of hydrogen-bond acceptors (Lipinski definition) is 5. The summed E-state index contributed by atoms with van der Waals surface area (Å²) in [4.78, 5) is 0. The molecule has 1 fully saturated rings.